The van der Waals surface area contributed by atoms with Gasteiger partial charge in [0.05, 0.1) is 4.92 Å². The fraction of sp³-hybridized carbons (Fsp3) is 0.333. The zero-order valence-corrected chi connectivity index (χ0v) is 14.7. The van der Waals surface area contributed by atoms with E-state index in [1.165, 1.54) is 30.5 Å². The highest BCUT2D eigenvalue weighted by atomic mass is 19.1. The minimum atomic E-state index is -0.508. The molecule has 1 fully saturated rings. The number of hydrogen-bond acceptors (Lipinski definition) is 6. The number of pyridine rings is 1. The highest BCUT2D eigenvalue weighted by molar-refractivity contribution is 5.77. The van der Waals surface area contributed by atoms with E-state index in [0.717, 1.165) is 5.69 Å². The van der Waals surface area contributed by atoms with Crippen molar-refractivity contribution in [3.8, 4) is 0 Å². The smallest absolute Gasteiger partial charge is 0.287 e. The molecule has 2 heterocycles. The maximum absolute atomic E-state index is 13.0. The van der Waals surface area contributed by atoms with Gasteiger partial charge in [-0.3, -0.25) is 14.9 Å². The molecule has 1 aliphatic heterocycles. The van der Waals surface area contributed by atoms with Crippen LogP contribution in [0.15, 0.2) is 42.6 Å². The summed E-state index contributed by atoms with van der Waals surface area (Å²) >= 11 is 0. The van der Waals surface area contributed by atoms with Gasteiger partial charge in [-0.05, 0) is 30.3 Å². The van der Waals surface area contributed by atoms with Crippen LogP contribution in [0.25, 0.3) is 0 Å². The summed E-state index contributed by atoms with van der Waals surface area (Å²) in [6, 6.07) is 9.24. The fourth-order valence-electron chi connectivity index (χ4n) is 2.92. The van der Waals surface area contributed by atoms with E-state index in [-0.39, 0.29) is 17.4 Å². The van der Waals surface area contributed by atoms with E-state index in [1.54, 1.807) is 12.1 Å². The molecule has 0 bridgehead atoms. The van der Waals surface area contributed by atoms with Gasteiger partial charge in [0.1, 0.15) is 17.8 Å². The third-order valence-corrected chi connectivity index (χ3v) is 4.43. The van der Waals surface area contributed by atoms with Crippen LogP contribution >= 0.6 is 0 Å². The van der Waals surface area contributed by atoms with Gasteiger partial charge in [0.25, 0.3) is 5.69 Å². The molecule has 1 aliphatic rings. The van der Waals surface area contributed by atoms with E-state index < -0.39 is 4.92 Å². The topological polar surface area (TPSA) is 91.6 Å². The van der Waals surface area contributed by atoms with Gasteiger partial charge in [-0.15, -0.1) is 0 Å². The van der Waals surface area contributed by atoms with Crippen molar-refractivity contribution in [2.45, 2.75) is 6.42 Å². The number of nitrogens with zero attached hydrogens (tertiary/aromatic N) is 4. The van der Waals surface area contributed by atoms with Crippen LogP contribution in [-0.4, -0.2) is 53.4 Å². The van der Waals surface area contributed by atoms with Crippen LogP contribution in [0.3, 0.4) is 0 Å². The Balaban J connectivity index is 1.41. The summed E-state index contributed by atoms with van der Waals surface area (Å²) in [5.74, 6) is 0.278. The largest absolute Gasteiger partial charge is 0.370 e. The maximum atomic E-state index is 13.0. The summed E-state index contributed by atoms with van der Waals surface area (Å²) in [5, 5.41) is 13.6. The molecule has 27 heavy (non-hydrogen) atoms. The molecule has 1 aromatic carbocycles. The molecule has 0 atom stereocenters. The van der Waals surface area contributed by atoms with E-state index in [1.807, 2.05) is 4.90 Å². The summed E-state index contributed by atoms with van der Waals surface area (Å²) in [6.45, 7) is 3.04. The summed E-state index contributed by atoms with van der Waals surface area (Å²) in [5.41, 5.74) is 0.880. The average Bonchev–Trinajstić information content (AvgIpc) is 2.69. The Kier molecular flexibility index (Phi) is 5.80. The minimum Gasteiger partial charge on any atom is -0.370 e. The molecular formula is C18H20FN5O3. The van der Waals surface area contributed by atoms with Crippen molar-refractivity contribution in [3.05, 3.63) is 58.5 Å². The van der Waals surface area contributed by atoms with E-state index in [2.05, 4.69) is 15.2 Å². The van der Waals surface area contributed by atoms with Crippen LogP contribution in [0.1, 0.15) is 6.42 Å². The van der Waals surface area contributed by atoms with Gasteiger partial charge in [-0.2, -0.15) is 0 Å². The SMILES string of the molecule is O=C(CCNc1ccc([N+](=O)[O-])cn1)N1CCN(c2ccc(F)cc2)CC1. The van der Waals surface area contributed by atoms with Crippen LogP contribution in [0, 0.1) is 15.9 Å². The van der Waals surface area contributed by atoms with Crippen molar-refractivity contribution in [2.24, 2.45) is 0 Å². The Morgan fingerprint density at radius 2 is 1.85 bits per heavy atom. The highest BCUT2D eigenvalue weighted by Gasteiger charge is 2.21. The second kappa shape index (κ2) is 8.43. The summed E-state index contributed by atoms with van der Waals surface area (Å²) < 4.78 is 13.0. The van der Waals surface area contributed by atoms with Crippen LogP contribution in [0.5, 0.6) is 0 Å². The van der Waals surface area contributed by atoms with Crippen molar-refractivity contribution in [1.82, 2.24) is 9.88 Å². The summed E-state index contributed by atoms with van der Waals surface area (Å²) in [4.78, 5) is 30.3. The van der Waals surface area contributed by atoms with Crippen molar-refractivity contribution in [1.29, 1.82) is 0 Å². The lowest BCUT2D eigenvalue weighted by Gasteiger charge is -2.36. The van der Waals surface area contributed by atoms with Gasteiger partial charge >= 0.3 is 0 Å². The number of nitro groups is 1. The zero-order valence-electron chi connectivity index (χ0n) is 14.7. The lowest BCUT2D eigenvalue weighted by molar-refractivity contribution is -0.385. The normalized spacial score (nSPS) is 14.1. The number of anilines is 2. The first-order chi connectivity index (χ1) is 13.0. The first-order valence-electron chi connectivity index (χ1n) is 8.65. The molecule has 1 amide bonds. The number of carbonyl (C=O) groups excluding carboxylic acids is 1. The van der Waals surface area contributed by atoms with Crippen LogP contribution < -0.4 is 10.2 Å². The van der Waals surface area contributed by atoms with Gasteiger partial charge in [-0.1, -0.05) is 0 Å². The molecule has 1 saturated heterocycles. The number of rotatable bonds is 6. The Morgan fingerprint density at radius 3 is 2.44 bits per heavy atom. The van der Waals surface area contributed by atoms with Crippen molar-refractivity contribution < 1.29 is 14.1 Å². The van der Waals surface area contributed by atoms with E-state index in [0.29, 0.717) is 45.0 Å². The number of nitrogens with one attached hydrogen (secondary N) is 1. The van der Waals surface area contributed by atoms with E-state index in [4.69, 9.17) is 0 Å². The molecule has 1 aromatic heterocycles. The average molecular weight is 373 g/mol. The molecular weight excluding hydrogens is 353 g/mol. The molecule has 0 unspecified atom stereocenters. The maximum Gasteiger partial charge on any atom is 0.287 e. The molecule has 0 aliphatic carbocycles. The van der Waals surface area contributed by atoms with E-state index >= 15 is 0 Å². The molecule has 0 radical (unpaired) electrons. The van der Waals surface area contributed by atoms with Crippen LogP contribution in [0.4, 0.5) is 21.6 Å². The van der Waals surface area contributed by atoms with Crippen molar-refractivity contribution in [3.63, 3.8) is 0 Å². The Hall–Kier alpha value is -3.23. The molecule has 1 N–H and O–H groups in total. The first kappa shape index (κ1) is 18.6. The number of amides is 1. The number of benzene rings is 1. The zero-order chi connectivity index (χ0) is 19.2. The fourth-order valence-corrected chi connectivity index (χ4v) is 2.92. The monoisotopic (exact) mass is 373 g/mol. The molecule has 2 aromatic rings. The lowest BCUT2D eigenvalue weighted by atomic mass is 10.2. The van der Waals surface area contributed by atoms with E-state index in [9.17, 15) is 19.3 Å². The van der Waals surface area contributed by atoms with Crippen LogP contribution in [-0.2, 0) is 4.79 Å². The molecule has 0 saturated carbocycles. The van der Waals surface area contributed by atoms with Crippen molar-refractivity contribution in [2.75, 3.05) is 42.9 Å². The quantitative estimate of drug-likeness (QED) is 0.617. The number of halogens is 1. The molecule has 9 heteroatoms. The Labute approximate surface area is 155 Å². The second-order valence-corrected chi connectivity index (χ2v) is 6.18. The van der Waals surface area contributed by atoms with Crippen molar-refractivity contribution >= 4 is 23.1 Å². The second-order valence-electron chi connectivity index (χ2n) is 6.18. The van der Waals surface area contributed by atoms with Gasteiger partial charge in [-0.25, -0.2) is 9.37 Å². The van der Waals surface area contributed by atoms with Gasteiger partial charge < -0.3 is 15.1 Å². The summed E-state index contributed by atoms with van der Waals surface area (Å²) in [6.07, 6.45) is 1.49. The van der Waals surface area contributed by atoms with Gasteiger partial charge in [0.2, 0.25) is 5.91 Å². The number of piperazine rings is 1. The Morgan fingerprint density at radius 1 is 1.15 bits per heavy atom. The van der Waals surface area contributed by atoms with Gasteiger partial charge in [0.15, 0.2) is 0 Å². The molecule has 3 rings (SSSR count). The number of aromatic nitrogens is 1. The third-order valence-electron chi connectivity index (χ3n) is 4.43. The minimum absolute atomic E-state index is 0.0446. The molecule has 0 spiro atoms. The third kappa shape index (κ3) is 4.90. The lowest BCUT2D eigenvalue weighted by Crippen LogP contribution is -2.49. The Bertz CT molecular complexity index is 790. The first-order valence-corrected chi connectivity index (χ1v) is 8.65. The van der Waals surface area contributed by atoms with Crippen LogP contribution in [0.2, 0.25) is 0 Å². The highest BCUT2D eigenvalue weighted by Crippen LogP contribution is 2.17. The standard InChI is InChI=1S/C18H20FN5O3/c19-14-1-3-15(4-2-14)22-9-11-23(12-10-22)18(25)7-8-20-17-6-5-16(13-21-17)24(26)27/h1-6,13H,7-12H2,(H,20,21). The number of carbonyl (C=O) groups is 1. The molecule has 8 nitrogen and oxygen atoms in total. The molecule has 142 valence electrons. The summed E-state index contributed by atoms with van der Waals surface area (Å²) in [7, 11) is 0. The number of hydrogen-bond donors (Lipinski definition) is 1. The predicted molar refractivity (Wildman–Crippen MR) is 99.2 cm³/mol. The van der Waals surface area contributed by atoms with Gasteiger partial charge in [0, 0.05) is 50.9 Å². The predicted octanol–water partition coefficient (Wildman–Crippen LogP) is 2.28.